The number of ether oxygens (including phenoxy) is 4. The molecule has 2 aromatic heterocycles. The predicted molar refractivity (Wildman–Crippen MR) is 196 cm³/mol. The monoisotopic (exact) mass is 736 g/mol. The molecule has 5 aliphatic heterocycles. The Morgan fingerprint density at radius 2 is 1.89 bits per heavy atom. The first-order chi connectivity index (χ1) is 26.0. The van der Waals surface area contributed by atoms with Crippen molar-refractivity contribution in [3.8, 4) is 41.2 Å². The van der Waals surface area contributed by atoms with Gasteiger partial charge in [-0.1, -0.05) is 36.3 Å². The molecule has 4 saturated heterocycles. The fraction of sp³-hybridized carbons (Fsp3) is 0.400. The molecule has 2 bridgehead atoms. The molecule has 14 heteroatoms. The zero-order valence-electron chi connectivity index (χ0n) is 29.9. The van der Waals surface area contributed by atoms with Crippen LogP contribution in [-0.4, -0.2) is 106 Å². The fourth-order valence-corrected chi connectivity index (χ4v) is 9.56. The van der Waals surface area contributed by atoms with Crippen LogP contribution in [0, 0.1) is 24.0 Å². The summed E-state index contributed by atoms with van der Waals surface area (Å²) < 4.78 is 56.8. The van der Waals surface area contributed by atoms with E-state index in [1.807, 2.05) is 11.8 Å². The Balaban J connectivity index is 1.26. The zero-order chi connectivity index (χ0) is 37.6. The number of rotatable bonds is 7. The summed E-state index contributed by atoms with van der Waals surface area (Å²) in [4.78, 5) is 32.7. The first kappa shape index (κ1) is 34.3. The van der Waals surface area contributed by atoms with Gasteiger partial charge in [-0.15, -0.1) is 6.42 Å². The minimum absolute atomic E-state index is 0.0431. The molecule has 0 aliphatic carbocycles. The molecule has 0 saturated carbocycles. The molecule has 278 valence electrons. The number of carboxylic acid groups (broad SMARTS) is 1. The van der Waals surface area contributed by atoms with Gasteiger partial charge in [0.25, 0.3) is 0 Å². The molecule has 4 aromatic rings. The van der Waals surface area contributed by atoms with Crippen LogP contribution in [0.5, 0.6) is 17.6 Å². The minimum Gasteiger partial charge on any atom is -0.472 e. The highest BCUT2D eigenvalue weighted by molar-refractivity contribution is 6.04. The average molecular weight is 737 g/mol. The van der Waals surface area contributed by atoms with Crippen molar-refractivity contribution in [1.29, 1.82) is 0 Å². The SMILES string of the molecule is C#Cc1c(F)ccc2cc(OCOC)cc(-c3nc4c5c(nc(OCC67CC(=C)CN6CC(=C)C7)nc5c3F)N3CC5CCC(C3C(C)O4)N5C(=O)O)c12. The Morgan fingerprint density at radius 1 is 1.11 bits per heavy atom. The second-order valence-electron chi connectivity index (χ2n) is 15.0. The van der Waals surface area contributed by atoms with Crippen LogP contribution >= 0.6 is 0 Å². The second-order valence-corrected chi connectivity index (χ2v) is 15.0. The summed E-state index contributed by atoms with van der Waals surface area (Å²) in [7, 11) is 1.47. The molecule has 9 rings (SSSR count). The van der Waals surface area contributed by atoms with Gasteiger partial charge in [0, 0.05) is 37.7 Å². The van der Waals surface area contributed by atoms with Crippen molar-refractivity contribution in [2.24, 2.45) is 0 Å². The van der Waals surface area contributed by atoms with E-state index in [2.05, 4.69) is 24.0 Å². The first-order valence-electron chi connectivity index (χ1n) is 17.9. The predicted octanol–water partition coefficient (Wildman–Crippen LogP) is 5.91. The van der Waals surface area contributed by atoms with Gasteiger partial charge in [-0.25, -0.2) is 18.6 Å². The maximum atomic E-state index is 17.5. The van der Waals surface area contributed by atoms with E-state index in [9.17, 15) is 9.90 Å². The van der Waals surface area contributed by atoms with Crippen molar-refractivity contribution >= 4 is 33.6 Å². The van der Waals surface area contributed by atoms with Crippen molar-refractivity contribution in [2.75, 3.05) is 45.0 Å². The van der Waals surface area contributed by atoms with E-state index in [1.165, 1.54) is 30.2 Å². The summed E-state index contributed by atoms with van der Waals surface area (Å²) in [5.41, 5.74) is 1.57. The van der Waals surface area contributed by atoms with E-state index in [0.29, 0.717) is 36.3 Å². The molecule has 4 unspecified atom stereocenters. The summed E-state index contributed by atoms with van der Waals surface area (Å²) in [5.74, 6) is 1.64. The van der Waals surface area contributed by atoms with Gasteiger partial charge in [-0.2, -0.15) is 9.97 Å². The maximum absolute atomic E-state index is 17.5. The lowest BCUT2D eigenvalue weighted by atomic mass is 9.92. The van der Waals surface area contributed by atoms with Gasteiger partial charge in [-0.3, -0.25) is 9.80 Å². The van der Waals surface area contributed by atoms with Crippen LogP contribution in [-0.2, 0) is 4.74 Å². The summed E-state index contributed by atoms with van der Waals surface area (Å²) in [6.07, 6.45) is 6.95. The van der Waals surface area contributed by atoms with Crippen molar-refractivity contribution in [3.63, 3.8) is 0 Å². The molecule has 7 heterocycles. The highest BCUT2D eigenvalue weighted by Gasteiger charge is 2.53. The number of anilines is 1. The minimum atomic E-state index is -1.00. The molecule has 0 radical (unpaired) electrons. The molecular weight excluding hydrogens is 698 g/mol. The van der Waals surface area contributed by atoms with Crippen LogP contribution in [0.2, 0.25) is 0 Å². The number of hydrogen-bond acceptors (Lipinski definition) is 10. The molecule has 4 fully saturated rings. The van der Waals surface area contributed by atoms with Crippen LogP contribution in [0.25, 0.3) is 32.9 Å². The number of terminal acetylenes is 1. The third-order valence-electron chi connectivity index (χ3n) is 11.6. The Bertz CT molecular complexity index is 2330. The molecule has 1 amide bonds. The number of pyridine rings is 1. The van der Waals surface area contributed by atoms with Gasteiger partial charge in [0.05, 0.1) is 29.2 Å². The van der Waals surface area contributed by atoms with Crippen molar-refractivity contribution in [2.45, 2.75) is 62.4 Å². The van der Waals surface area contributed by atoms with Crippen LogP contribution < -0.4 is 19.1 Å². The number of carbonyl (C=O) groups is 1. The van der Waals surface area contributed by atoms with E-state index in [-0.39, 0.29) is 70.0 Å². The summed E-state index contributed by atoms with van der Waals surface area (Å²) in [6, 6.07) is 4.73. The van der Waals surface area contributed by atoms with Gasteiger partial charge in [0.1, 0.15) is 46.7 Å². The highest BCUT2D eigenvalue weighted by Crippen LogP contribution is 2.48. The van der Waals surface area contributed by atoms with Gasteiger partial charge in [-0.05, 0) is 56.2 Å². The number of benzene rings is 2. The number of halogens is 2. The van der Waals surface area contributed by atoms with Crippen LogP contribution in [0.15, 0.2) is 48.6 Å². The van der Waals surface area contributed by atoms with Crippen molar-refractivity contribution in [1.82, 2.24) is 24.8 Å². The molecule has 5 aliphatic rings. The number of aromatic nitrogens is 3. The van der Waals surface area contributed by atoms with Gasteiger partial charge >= 0.3 is 12.1 Å². The van der Waals surface area contributed by atoms with Crippen LogP contribution in [0.3, 0.4) is 0 Å². The summed E-state index contributed by atoms with van der Waals surface area (Å²) in [6.45, 7) is 12.2. The lowest BCUT2D eigenvalue weighted by Gasteiger charge is -2.47. The van der Waals surface area contributed by atoms with E-state index in [1.54, 1.807) is 6.07 Å². The van der Waals surface area contributed by atoms with Crippen molar-refractivity contribution in [3.05, 3.63) is 65.8 Å². The van der Waals surface area contributed by atoms with Gasteiger partial charge in [0.2, 0.25) is 5.88 Å². The zero-order valence-corrected chi connectivity index (χ0v) is 29.9. The first-order valence-corrected chi connectivity index (χ1v) is 17.9. The molecule has 12 nitrogen and oxygen atoms in total. The normalized spacial score (nSPS) is 24.0. The topological polar surface area (TPSA) is 123 Å². The quantitative estimate of drug-likeness (QED) is 0.139. The lowest BCUT2D eigenvalue weighted by Crippen LogP contribution is -2.64. The number of methoxy groups -OCH3 is 1. The van der Waals surface area contributed by atoms with E-state index < -0.39 is 35.9 Å². The standard InChI is InChI=1S/C40H38F2N6O6/c1-6-26-28(41)9-7-23-11-25(53-19-51-5)12-27(30(23)26)33-32(42)34-31-36(45-38(44-34)52-18-40-13-20(2)15-46(40)16-21(3)14-40)47-17-24-8-10-29(48(24)39(49)50)35(47)22(4)54-37(31)43-33/h1,7,9,11-12,22,24,29,35H,2-3,8,10,13-19H2,4-5H3,(H,49,50). The second kappa shape index (κ2) is 12.5. The number of amides is 1. The largest absolute Gasteiger partial charge is 0.472 e. The number of nitrogens with zero attached hydrogens (tertiary/aromatic N) is 6. The Kier molecular flexibility index (Phi) is 7.95. The Hall–Kier alpha value is -5.52. The van der Waals surface area contributed by atoms with E-state index in [4.69, 9.17) is 40.3 Å². The third-order valence-corrected chi connectivity index (χ3v) is 11.6. The summed E-state index contributed by atoms with van der Waals surface area (Å²) in [5, 5.41) is 11.2. The smallest absolute Gasteiger partial charge is 0.407 e. The molecule has 4 atom stereocenters. The Morgan fingerprint density at radius 3 is 2.61 bits per heavy atom. The molecule has 54 heavy (non-hydrogen) atoms. The lowest BCUT2D eigenvalue weighted by molar-refractivity contribution is 0.0512. The molecule has 0 spiro atoms. The average Bonchev–Trinajstić information content (AvgIpc) is 3.71. The van der Waals surface area contributed by atoms with E-state index in [0.717, 1.165) is 37.1 Å². The number of fused-ring (bicyclic) bond motifs is 7. The molecule has 1 N–H and O–H groups in total. The number of piperazine rings is 1. The summed E-state index contributed by atoms with van der Waals surface area (Å²) >= 11 is 0. The van der Waals surface area contributed by atoms with Gasteiger partial charge in [0.15, 0.2) is 12.6 Å². The highest BCUT2D eigenvalue weighted by atomic mass is 19.1. The Labute approximate surface area is 310 Å². The molecule has 2 aromatic carbocycles. The molecular formula is C40H38F2N6O6. The van der Waals surface area contributed by atoms with Crippen LogP contribution in [0.4, 0.5) is 19.4 Å². The van der Waals surface area contributed by atoms with Crippen LogP contribution in [0.1, 0.15) is 38.2 Å². The third kappa shape index (κ3) is 5.16. The fourth-order valence-electron chi connectivity index (χ4n) is 9.56. The number of hydrogen-bond donors (Lipinski definition) is 1. The van der Waals surface area contributed by atoms with E-state index >= 15 is 8.78 Å². The maximum Gasteiger partial charge on any atom is 0.407 e. The van der Waals surface area contributed by atoms with Crippen molar-refractivity contribution < 1.29 is 37.6 Å². The van der Waals surface area contributed by atoms with Gasteiger partial charge < -0.3 is 29.0 Å².